The van der Waals surface area contributed by atoms with Gasteiger partial charge in [-0.15, -0.1) is 5.10 Å². The van der Waals surface area contributed by atoms with Crippen molar-refractivity contribution in [2.45, 2.75) is 50.4 Å². The van der Waals surface area contributed by atoms with Gasteiger partial charge in [0, 0.05) is 0 Å². The smallest absolute Gasteiger partial charge is 0.113 e. The maximum absolute atomic E-state index is 10.4. The van der Waals surface area contributed by atoms with Gasteiger partial charge in [0.15, 0.2) is 0 Å². The van der Waals surface area contributed by atoms with Crippen molar-refractivity contribution < 1.29 is 25.2 Å². The van der Waals surface area contributed by atoms with Gasteiger partial charge in [0.25, 0.3) is 0 Å². The normalized spacial score (nSPS) is 27.4. The summed E-state index contributed by atoms with van der Waals surface area (Å²) in [6, 6.07) is 13.6. The second-order valence-corrected chi connectivity index (χ2v) is 7.41. The Morgan fingerprint density at radius 1 is 0.966 bits per heavy atom. The van der Waals surface area contributed by atoms with Gasteiger partial charge in [0.2, 0.25) is 0 Å². The van der Waals surface area contributed by atoms with Gasteiger partial charge in [0.1, 0.15) is 36.0 Å². The van der Waals surface area contributed by atoms with Crippen LogP contribution in [0.4, 0.5) is 0 Å². The van der Waals surface area contributed by atoms with Crippen LogP contribution in [0.1, 0.15) is 29.7 Å². The zero-order valence-electron chi connectivity index (χ0n) is 16.1. The molecule has 0 amide bonds. The summed E-state index contributed by atoms with van der Waals surface area (Å²) < 4.78 is 7.43. The van der Waals surface area contributed by atoms with Gasteiger partial charge in [-0.3, -0.25) is 0 Å². The summed E-state index contributed by atoms with van der Waals surface area (Å²) in [5.41, 5.74) is 4.43. The Morgan fingerprint density at radius 2 is 1.69 bits per heavy atom. The third-order valence-corrected chi connectivity index (χ3v) is 5.52. The minimum atomic E-state index is -1.42. The molecule has 4 rings (SSSR count). The number of ether oxygens (including phenoxy) is 1. The van der Waals surface area contributed by atoms with E-state index in [0.29, 0.717) is 17.6 Å². The van der Waals surface area contributed by atoms with Crippen LogP contribution in [0.15, 0.2) is 42.5 Å². The molecule has 1 aliphatic heterocycles. The summed E-state index contributed by atoms with van der Waals surface area (Å²) in [5, 5.41) is 48.3. The van der Waals surface area contributed by atoms with E-state index < -0.39 is 37.1 Å². The van der Waals surface area contributed by atoms with E-state index in [-0.39, 0.29) is 0 Å². The number of rotatable bonds is 5. The van der Waals surface area contributed by atoms with Crippen LogP contribution in [0.25, 0.3) is 11.0 Å². The second-order valence-electron chi connectivity index (χ2n) is 7.41. The summed E-state index contributed by atoms with van der Waals surface area (Å²) in [4.78, 5) is 0. The molecule has 0 bridgehead atoms. The molecule has 1 aromatic heterocycles. The van der Waals surface area contributed by atoms with Crippen LogP contribution in [-0.2, 0) is 17.7 Å². The predicted octanol–water partition coefficient (Wildman–Crippen LogP) is 0.557. The van der Waals surface area contributed by atoms with E-state index in [9.17, 15) is 20.4 Å². The molecule has 154 valence electrons. The van der Waals surface area contributed by atoms with Crippen molar-refractivity contribution in [1.82, 2.24) is 15.0 Å². The molecule has 2 heterocycles. The van der Waals surface area contributed by atoms with Crippen LogP contribution in [0.3, 0.4) is 0 Å². The van der Waals surface area contributed by atoms with E-state index in [1.54, 1.807) is 16.8 Å². The summed E-state index contributed by atoms with van der Waals surface area (Å²) in [7, 11) is 0. The Morgan fingerprint density at radius 3 is 2.38 bits per heavy atom. The van der Waals surface area contributed by atoms with Gasteiger partial charge in [0.05, 0.1) is 18.7 Å². The molecule has 29 heavy (non-hydrogen) atoms. The Hall–Kier alpha value is -2.36. The first-order valence-corrected chi connectivity index (χ1v) is 9.73. The monoisotopic (exact) mass is 399 g/mol. The molecule has 0 spiro atoms. The molecule has 0 aliphatic carbocycles. The first-order chi connectivity index (χ1) is 14.0. The highest BCUT2D eigenvalue weighted by atomic mass is 16.5. The number of aryl methyl sites for hydroxylation is 1. The van der Waals surface area contributed by atoms with Crippen molar-refractivity contribution in [2.24, 2.45) is 0 Å². The van der Waals surface area contributed by atoms with Crippen LogP contribution in [-0.4, -0.2) is 66.4 Å². The maximum atomic E-state index is 10.4. The molecule has 1 fully saturated rings. The molecule has 8 heteroatoms. The molecular formula is C21H25N3O5. The van der Waals surface area contributed by atoms with Crippen LogP contribution >= 0.6 is 0 Å². The number of aliphatic hydroxyl groups excluding tert-OH is 4. The van der Waals surface area contributed by atoms with E-state index in [1.807, 2.05) is 6.07 Å². The van der Waals surface area contributed by atoms with Gasteiger partial charge < -0.3 is 25.2 Å². The number of aliphatic hydroxyl groups is 4. The molecule has 1 aliphatic rings. The van der Waals surface area contributed by atoms with Crippen molar-refractivity contribution in [2.75, 3.05) is 6.61 Å². The number of hydrogen-bond acceptors (Lipinski definition) is 7. The van der Waals surface area contributed by atoms with Crippen LogP contribution in [0, 0.1) is 0 Å². The largest absolute Gasteiger partial charge is 0.394 e. The predicted molar refractivity (Wildman–Crippen MR) is 105 cm³/mol. The van der Waals surface area contributed by atoms with Crippen LogP contribution in [0.2, 0.25) is 0 Å². The fraction of sp³-hybridized carbons (Fsp3) is 0.429. The molecule has 0 radical (unpaired) electrons. The summed E-state index contributed by atoms with van der Waals surface area (Å²) in [5.74, 6) is 0. The average Bonchev–Trinajstić information content (AvgIpc) is 3.15. The highest BCUT2D eigenvalue weighted by Crippen LogP contribution is 2.33. The maximum Gasteiger partial charge on any atom is 0.113 e. The first-order valence-electron chi connectivity index (χ1n) is 9.73. The van der Waals surface area contributed by atoms with Gasteiger partial charge in [-0.1, -0.05) is 42.5 Å². The van der Waals surface area contributed by atoms with Crippen LogP contribution in [0.5, 0.6) is 0 Å². The van der Waals surface area contributed by atoms with Crippen LogP contribution < -0.4 is 0 Å². The molecule has 0 saturated carbocycles. The molecule has 2 aromatic carbocycles. The van der Waals surface area contributed by atoms with Gasteiger partial charge in [-0.25, -0.2) is 4.68 Å². The number of hydrogen-bond donors (Lipinski definition) is 4. The minimum Gasteiger partial charge on any atom is -0.394 e. The number of benzene rings is 2. The Labute approximate surface area is 168 Å². The lowest BCUT2D eigenvalue weighted by atomic mass is 9.91. The van der Waals surface area contributed by atoms with E-state index >= 15 is 0 Å². The van der Waals surface area contributed by atoms with Crippen molar-refractivity contribution in [3.63, 3.8) is 0 Å². The lowest BCUT2D eigenvalue weighted by Crippen LogP contribution is -2.55. The van der Waals surface area contributed by atoms with Gasteiger partial charge in [-0.05, 0) is 35.2 Å². The van der Waals surface area contributed by atoms with E-state index in [4.69, 9.17) is 4.74 Å². The van der Waals surface area contributed by atoms with E-state index in [2.05, 4.69) is 41.5 Å². The summed E-state index contributed by atoms with van der Waals surface area (Å²) >= 11 is 0. The second kappa shape index (κ2) is 8.17. The molecule has 8 nitrogen and oxygen atoms in total. The molecule has 5 unspecified atom stereocenters. The zero-order valence-corrected chi connectivity index (χ0v) is 16.1. The molecule has 4 N–H and O–H groups in total. The Bertz CT molecular complexity index is 972. The number of fused-ring (bicyclic) bond motifs is 1. The summed E-state index contributed by atoms with van der Waals surface area (Å²) in [6.45, 7) is 2.19. The van der Waals surface area contributed by atoms with Gasteiger partial charge in [-0.2, -0.15) is 0 Å². The van der Waals surface area contributed by atoms with E-state index in [0.717, 1.165) is 17.5 Å². The minimum absolute atomic E-state index is 0.461. The molecule has 1 saturated heterocycles. The lowest BCUT2D eigenvalue weighted by Gasteiger charge is -2.40. The van der Waals surface area contributed by atoms with Crippen molar-refractivity contribution in [1.29, 1.82) is 0 Å². The summed E-state index contributed by atoms with van der Waals surface area (Å²) in [6.07, 6.45) is -4.97. The SMILES string of the molecule is CCc1ccc(Cn2nnc3ccc(C4OC(CO)C(O)C(O)C4O)cc32)cc1. The van der Waals surface area contributed by atoms with Gasteiger partial charge >= 0.3 is 0 Å². The average molecular weight is 399 g/mol. The van der Waals surface area contributed by atoms with Crippen molar-refractivity contribution in [3.05, 3.63) is 59.2 Å². The Balaban J connectivity index is 1.64. The third kappa shape index (κ3) is 3.77. The fourth-order valence-corrected chi connectivity index (χ4v) is 3.71. The van der Waals surface area contributed by atoms with E-state index in [1.165, 1.54) is 5.56 Å². The highest BCUT2D eigenvalue weighted by Gasteiger charge is 2.44. The third-order valence-electron chi connectivity index (χ3n) is 5.52. The number of nitrogens with zero attached hydrogens (tertiary/aromatic N) is 3. The molecule has 3 aromatic rings. The fourth-order valence-electron chi connectivity index (χ4n) is 3.71. The highest BCUT2D eigenvalue weighted by molar-refractivity contribution is 5.75. The number of aromatic nitrogens is 3. The first kappa shape index (κ1) is 19.9. The molecular weight excluding hydrogens is 374 g/mol. The van der Waals surface area contributed by atoms with Crippen molar-refractivity contribution >= 4 is 11.0 Å². The topological polar surface area (TPSA) is 121 Å². The Kier molecular flexibility index (Phi) is 5.62. The van der Waals surface area contributed by atoms with Crippen molar-refractivity contribution in [3.8, 4) is 0 Å². The standard InChI is InChI=1S/C21H25N3O5/c1-2-12-3-5-13(6-4-12)10-24-16-9-14(7-8-15(16)22-23-24)21-20(28)19(27)18(26)17(11-25)29-21/h3-9,17-21,25-28H,2,10-11H2,1H3. The molecule has 5 atom stereocenters. The lowest BCUT2D eigenvalue weighted by molar-refractivity contribution is -0.231. The quantitative estimate of drug-likeness (QED) is 0.495. The zero-order chi connectivity index (χ0) is 20.5.